The third-order valence-corrected chi connectivity index (χ3v) is 3.43. The summed E-state index contributed by atoms with van der Waals surface area (Å²) in [6.07, 6.45) is 4.40. The molecule has 1 aliphatic carbocycles. The largest absolute Gasteiger partial charge is 0.610 e. The van der Waals surface area contributed by atoms with Crippen molar-refractivity contribution in [3.8, 4) is 0 Å². The van der Waals surface area contributed by atoms with Crippen LogP contribution >= 0.6 is 0 Å². The molecule has 1 aliphatic heterocycles. The van der Waals surface area contributed by atoms with Crippen LogP contribution in [0.5, 0.6) is 0 Å². The highest BCUT2D eigenvalue weighted by molar-refractivity contribution is 8.02. The van der Waals surface area contributed by atoms with E-state index in [1.165, 1.54) is 18.5 Å². The lowest BCUT2D eigenvalue weighted by Gasteiger charge is -2.06. The van der Waals surface area contributed by atoms with E-state index in [9.17, 15) is 9.35 Å². The first-order valence-corrected chi connectivity index (χ1v) is 5.60. The monoisotopic (exact) mass is 219 g/mol. The van der Waals surface area contributed by atoms with Gasteiger partial charge in [0.1, 0.15) is 5.35 Å². The first-order chi connectivity index (χ1) is 7.27. The smallest absolute Gasteiger partial charge is 0.211 e. The Morgan fingerprint density at radius 2 is 2.13 bits per heavy atom. The fraction of sp³-hybridized carbons (Fsp3) is 0.111. The summed E-state index contributed by atoms with van der Waals surface area (Å²) in [7, 11) is 0. The number of nitrogens with zero attached hydrogens (tertiary/aromatic N) is 3. The maximum absolute atomic E-state index is 11.6. The third-order valence-electron chi connectivity index (χ3n) is 2.23. The van der Waals surface area contributed by atoms with E-state index in [1.54, 1.807) is 0 Å². The molecule has 0 saturated carbocycles. The molecule has 0 fully saturated rings. The number of hydrogen-bond donors (Lipinski definition) is 0. The van der Waals surface area contributed by atoms with Crippen LogP contribution in [0.1, 0.15) is 0 Å². The minimum atomic E-state index is -1.25. The lowest BCUT2D eigenvalue weighted by atomic mass is 10.1. The van der Waals surface area contributed by atoms with Gasteiger partial charge in [0.2, 0.25) is 16.6 Å². The Balaban J connectivity index is 2.49. The van der Waals surface area contributed by atoms with Gasteiger partial charge in [0.05, 0.1) is 5.35 Å². The van der Waals surface area contributed by atoms with Crippen molar-refractivity contribution in [1.82, 2.24) is 9.97 Å². The van der Waals surface area contributed by atoms with E-state index in [0.717, 1.165) is 0 Å². The molecule has 0 spiro atoms. The zero-order chi connectivity index (χ0) is 10.4. The maximum atomic E-state index is 11.6. The molecule has 1 aromatic rings. The van der Waals surface area contributed by atoms with Gasteiger partial charge < -0.3 is 4.55 Å². The van der Waals surface area contributed by atoms with Gasteiger partial charge in [0.15, 0.2) is 5.71 Å². The zero-order valence-electron chi connectivity index (χ0n) is 7.51. The van der Waals surface area contributed by atoms with Crippen LogP contribution in [0, 0.1) is 0 Å². The average molecular weight is 219 g/mol. The molecule has 15 heavy (non-hydrogen) atoms. The minimum Gasteiger partial charge on any atom is -0.610 e. The number of aromatic nitrogens is 2. The summed E-state index contributed by atoms with van der Waals surface area (Å²) in [4.78, 5) is 24.1. The van der Waals surface area contributed by atoms with Crippen LogP contribution in [0.25, 0.3) is 11.0 Å². The number of ketones is 1. The van der Waals surface area contributed by atoms with Crippen molar-refractivity contribution in [1.29, 1.82) is 0 Å². The molecule has 74 valence electrons. The molecule has 5 nitrogen and oxygen atoms in total. The van der Waals surface area contributed by atoms with E-state index in [4.69, 9.17) is 0 Å². The highest BCUT2D eigenvalue weighted by atomic mass is 32.2. The van der Waals surface area contributed by atoms with Gasteiger partial charge in [-0.2, -0.15) is 0 Å². The standard InChI is InChI=1S/C9H5N3O2S/c13-6-3-5-7(11-2-1-10-5)9-8(6)12-4-15(9)14/h1-3H,4H2. The lowest BCUT2D eigenvalue weighted by molar-refractivity contribution is -0.107. The Morgan fingerprint density at radius 1 is 1.33 bits per heavy atom. The van der Waals surface area contributed by atoms with Crippen LogP contribution in [-0.2, 0) is 16.0 Å². The van der Waals surface area contributed by atoms with Crippen LogP contribution in [-0.4, -0.2) is 31.9 Å². The highest BCUT2D eigenvalue weighted by Gasteiger charge is 2.35. The lowest BCUT2D eigenvalue weighted by Crippen LogP contribution is -2.41. The molecule has 2 heterocycles. The molecule has 3 rings (SSSR count). The van der Waals surface area contributed by atoms with Crippen molar-refractivity contribution in [2.45, 2.75) is 0 Å². The van der Waals surface area contributed by atoms with Crippen molar-refractivity contribution in [2.75, 3.05) is 5.88 Å². The number of hydrogen-bond acceptors (Lipinski definition) is 5. The molecular formula is C9H5N3O2S. The van der Waals surface area contributed by atoms with E-state index in [0.29, 0.717) is 15.6 Å². The van der Waals surface area contributed by atoms with Crippen LogP contribution in [0.2, 0.25) is 0 Å². The number of carbonyl (C=O) groups is 1. The van der Waals surface area contributed by atoms with Crippen LogP contribution < -0.4 is 10.7 Å². The Bertz CT molecular complexity index is 608. The molecule has 0 amide bonds. The quantitative estimate of drug-likeness (QED) is 0.478. The summed E-state index contributed by atoms with van der Waals surface area (Å²) >= 11 is -1.25. The van der Waals surface area contributed by atoms with E-state index in [-0.39, 0.29) is 17.4 Å². The van der Waals surface area contributed by atoms with Gasteiger partial charge in [-0.15, -0.1) is 0 Å². The Kier molecular flexibility index (Phi) is 1.74. The normalized spacial score (nSPS) is 23.0. The second-order valence-electron chi connectivity index (χ2n) is 3.11. The zero-order valence-corrected chi connectivity index (χ0v) is 8.32. The second kappa shape index (κ2) is 2.98. The van der Waals surface area contributed by atoms with Gasteiger partial charge in [-0.05, 0) is 0 Å². The highest BCUT2D eigenvalue weighted by Crippen LogP contribution is 2.19. The summed E-state index contributed by atoms with van der Waals surface area (Å²) in [5.74, 6) is -0.0795. The van der Waals surface area contributed by atoms with E-state index < -0.39 is 11.2 Å². The van der Waals surface area contributed by atoms with Crippen molar-refractivity contribution < 1.29 is 9.35 Å². The Labute approximate surface area is 87.5 Å². The second-order valence-corrected chi connectivity index (χ2v) is 4.47. The van der Waals surface area contributed by atoms with Crippen LogP contribution in [0.3, 0.4) is 0 Å². The molecule has 1 unspecified atom stereocenters. The summed E-state index contributed by atoms with van der Waals surface area (Å²) in [6.45, 7) is 0. The summed E-state index contributed by atoms with van der Waals surface area (Å²) in [6, 6.07) is 0. The number of rotatable bonds is 0. The van der Waals surface area contributed by atoms with Crippen molar-refractivity contribution in [2.24, 2.45) is 4.99 Å². The maximum Gasteiger partial charge on any atom is 0.211 e. The molecule has 0 aromatic carbocycles. The molecule has 0 saturated heterocycles. The number of carbonyl (C=O) groups excluding carboxylic acids is 1. The predicted octanol–water partition coefficient (Wildman–Crippen LogP) is -1.89. The van der Waals surface area contributed by atoms with Gasteiger partial charge in [-0.1, -0.05) is 0 Å². The topological polar surface area (TPSA) is 78.3 Å². The summed E-state index contributed by atoms with van der Waals surface area (Å²) < 4.78 is 11.6. The van der Waals surface area contributed by atoms with E-state index in [2.05, 4.69) is 15.0 Å². The molecule has 0 radical (unpaired) electrons. The number of Topliss-reactive ketones (excluding diaryl/α,β-unsaturated/α-hetero) is 1. The Morgan fingerprint density at radius 3 is 3.00 bits per heavy atom. The van der Waals surface area contributed by atoms with Crippen LogP contribution in [0.15, 0.2) is 17.4 Å². The SMILES string of the molecule is O=C1C=c2nccnc2=C2C1=NC[S+]2[O-]. The number of fused-ring (bicyclic) bond motifs is 2. The fourth-order valence-electron chi connectivity index (χ4n) is 1.60. The van der Waals surface area contributed by atoms with Gasteiger partial charge >= 0.3 is 0 Å². The van der Waals surface area contributed by atoms with E-state index >= 15 is 0 Å². The molecule has 2 aliphatic rings. The first kappa shape index (κ1) is 8.75. The van der Waals surface area contributed by atoms with Crippen molar-refractivity contribution in [3.63, 3.8) is 0 Å². The van der Waals surface area contributed by atoms with Gasteiger partial charge in [0, 0.05) is 29.6 Å². The predicted molar refractivity (Wildman–Crippen MR) is 54.6 cm³/mol. The van der Waals surface area contributed by atoms with Gasteiger partial charge in [-0.3, -0.25) is 9.78 Å². The molecule has 6 heteroatoms. The third kappa shape index (κ3) is 1.15. The van der Waals surface area contributed by atoms with Gasteiger partial charge in [-0.25, -0.2) is 9.98 Å². The van der Waals surface area contributed by atoms with Gasteiger partial charge in [0.25, 0.3) is 0 Å². The molecular weight excluding hydrogens is 214 g/mol. The Hall–Kier alpha value is -1.53. The minimum absolute atomic E-state index is 0.153. The van der Waals surface area contributed by atoms with Crippen LogP contribution in [0.4, 0.5) is 0 Å². The molecule has 1 aromatic heterocycles. The van der Waals surface area contributed by atoms with Crippen molar-refractivity contribution in [3.05, 3.63) is 23.1 Å². The molecule has 0 bridgehead atoms. The molecule has 1 atom stereocenters. The number of aliphatic imine (C=N–C) groups is 1. The summed E-state index contributed by atoms with van der Waals surface area (Å²) in [5, 5.41) is 0.999. The fourth-order valence-corrected chi connectivity index (χ4v) is 2.73. The summed E-state index contributed by atoms with van der Waals surface area (Å²) in [5.41, 5.74) is 0.279. The molecule has 0 N–H and O–H groups in total. The first-order valence-electron chi connectivity index (χ1n) is 4.28. The van der Waals surface area contributed by atoms with Crippen molar-refractivity contribution >= 4 is 33.7 Å². The van der Waals surface area contributed by atoms with E-state index in [1.807, 2.05) is 0 Å². The average Bonchev–Trinajstić information content (AvgIpc) is 2.62.